The van der Waals surface area contributed by atoms with Gasteiger partial charge in [-0.1, -0.05) is 18.2 Å². The monoisotopic (exact) mass is 273 g/mol. The smallest absolute Gasteiger partial charge is 0.277 e. The van der Waals surface area contributed by atoms with Gasteiger partial charge in [-0.15, -0.1) is 0 Å². The Kier molecular flexibility index (Phi) is 4.49. The van der Waals surface area contributed by atoms with Gasteiger partial charge < -0.3 is 10.1 Å². The molecule has 0 aliphatic carbocycles. The number of rotatable bonds is 6. The zero-order valence-electron chi connectivity index (χ0n) is 11.1. The third-order valence-electron chi connectivity index (χ3n) is 2.69. The lowest BCUT2D eigenvalue weighted by Crippen LogP contribution is -2.12. The lowest BCUT2D eigenvalue weighted by molar-refractivity contribution is -0.385. The maximum Gasteiger partial charge on any atom is 0.277 e. The van der Waals surface area contributed by atoms with E-state index in [9.17, 15) is 10.1 Å². The van der Waals surface area contributed by atoms with E-state index in [1.807, 2.05) is 30.3 Å². The standard InChI is InChI=1S/C14H15N3O3/c1-11-10-16-14(9-13(11)17(18)19)15-7-8-20-12-5-3-2-4-6-12/h2-6,9-10H,7-8H2,1H3,(H,15,16). The Morgan fingerprint density at radius 3 is 2.80 bits per heavy atom. The van der Waals surface area contributed by atoms with Crippen molar-refractivity contribution in [2.24, 2.45) is 0 Å². The summed E-state index contributed by atoms with van der Waals surface area (Å²) in [7, 11) is 0. The van der Waals surface area contributed by atoms with Crippen LogP contribution in [0.3, 0.4) is 0 Å². The normalized spacial score (nSPS) is 10.1. The SMILES string of the molecule is Cc1cnc(NCCOc2ccccc2)cc1[N+](=O)[O-]. The fourth-order valence-corrected chi connectivity index (χ4v) is 1.67. The van der Waals surface area contributed by atoms with Crippen molar-refractivity contribution in [1.29, 1.82) is 0 Å². The van der Waals surface area contributed by atoms with Gasteiger partial charge in [0, 0.05) is 11.8 Å². The Morgan fingerprint density at radius 2 is 2.10 bits per heavy atom. The minimum atomic E-state index is -0.414. The molecule has 6 nitrogen and oxygen atoms in total. The molecule has 0 saturated carbocycles. The van der Waals surface area contributed by atoms with Crippen LogP contribution in [0, 0.1) is 17.0 Å². The minimum absolute atomic E-state index is 0.0616. The molecule has 6 heteroatoms. The number of aryl methyl sites for hydroxylation is 1. The van der Waals surface area contributed by atoms with Crippen molar-refractivity contribution in [3.05, 3.63) is 58.3 Å². The number of para-hydroxylation sites is 1. The van der Waals surface area contributed by atoms with E-state index in [0.29, 0.717) is 24.5 Å². The van der Waals surface area contributed by atoms with E-state index >= 15 is 0 Å². The molecule has 20 heavy (non-hydrogen) atoms. The Bertz CT molecular complexity index is 587. The molecule has 0 spiro atoms. The Hall–Kier alpha value is -2.63. The molecule has 1 aromatic carbocycles. The molecule has 0 saturated heterocycles. The summed E-state index contributed by atoms with van der Waals surface area (Å²) in [5.74, 6) is 1.26. The zero-order valence-corrected chi connectivity index (χ0v) is 11.1. The topological polar surface area (TPSA) is 77.3 Å². The summed E-state index contributed by atoms with van der Waals surface area (Å²) in [5, 5.41) is 13.8. The van der Waals surface area contributed by atoms with Gasteiger partial charge in [0.15, 0.2) is 0 Å². The number of hydrogen-bond acceptors (Lipinski definition) is 5. The Labute approximate surface area is 116 Å². The number of nitrogens with one attached hydrogen (secondary N) is 1. The van der Waals surface area contributed by atoms with Gasteiger partial charge in [-0.05, 0) is 19.1 Å². The largest absolute Gasteiger partial charge is 0.492 e. The first kappa shape index (κ1) is 13.8. The van der Waals surface area contributed by atoms with Gasteiger partial charge in [0.25, 0.3) is 5.69 Å². The Balaban J connectivity index is 1.85. The lowest BCUT2D eigenvalue weighted by Gasteiger charge is -2.08. The predicted octanol–water partition coefficient (Wildman–Crippen LogP) is 2.79. The highest BCUT2D eigenvalue weighted by Gasteiger charge is 2.11. The van der Waals surface area contributed by atoms with Gasteiger partial charge in [-0.3, -0.25) is 10.1 Å². The molecule has 0 fully saturated rings. The van der Waals surface area contributed by atoms with Gasteiger partial charge in [0.1, 0.15) is 18.2 Å². The summed E-state index contributed by atoms with van der Waals surface area (Å²) in [6.07, 6.45) is 1.48. The molecular formula is C14H15N3O3. The number of aromatic nitrogens is 1. The zero-order chi connectivity index (χ0) is 14.4. The van der Waals surface area contributed by atoms with Crippen LogP contribution in [0.25, 0.3) is 0 Å². The second-order valence-corrected chi connectivity index (χ2v) is 4.20. The molecule has 0 aliphatic heterocycles. The average molecular weight is 273 g/mol. The van der Waals surface area contributed by atoms with Crippen LogP contribution >= 0.6 is 0 Å². The molecule has 0 atom stereocenters. The van der Waals surface area contributed by atoms with Crippen LogP contribution in [0.4, 0.5) is 11.5 Å². The third-order valence-corrected chi connectivity index (χ3v) is 2.69. The van der Waals surface area contributed by atoms with Crippen molar-refractivity contribution in [2.75, 3.05) is 18.5 Å². The van der Waals surface area contributed by atoms with Gasteiger partial charge in [0.2, 0.25) is 0 Å². The van der Waals surface area contributed by atoms with Crippen LogP contribution in [0.5, 0.6) is 5.75 Å². The van der Waals surface area contributed by atoms with Crippen molar-refractivity contribution < 1.29 is 9.66 Å². The first-order valence-corrected chi connectivity index (χ1v) is 6.19. The number of pyridine rings is 1. The van der Waals surface area contributed by atoms with Crippen LogP contribution in [0.15, 0.2) is 42.6 Å². The van der Waals surface area contributed by atoms with Crippen molar-refractivity contribution in [1.82, 2.24) is 4.98 Å². The summed E-state index contributed by atoms with van der Waals surface area (Å²) >= 11 is 0. The van der Waals surface area contributed by atoms with Crippen LogP contribution < -0.4 is 10.1 Å². The molecule has 2 rings (SSSR count). The summed E-state index contributed by atoms with van der Waals surface area (Å²) in [6, 6.07) is 10.9. The summed E-state index contributed by atoms with van der Waals surface area (Å²) < 4.78 is 5.50. The number of benzene rings is 1. The maximum absolute atomic E-state index is 10.8. The van der Waals surface area contributed by atoms with Crippen LogP contribution in [0.1, 0.15) is 5.56 Å². The van der Waals surface area contributed by atoms with Crippen molar-refractivity contribution in [3.63, 3.8) is 0 Å². The summed E-state index contributed by atoms with van der Waals surface area (Å²) in [4.78, 5) is 14.5. The molecule has 0 unspecified atom stereocenters. The fourth-order valence-electron chi connectivity index (χ4n) is 1.67. The number of nitrogens with zero attached hydrogens (tertiary/aromatic N) is 2. The molecule has 1 aromatic heterocycles. The molecule has 1 heterocycles. The predicted molar refractivity (Wildman–Crippen MR) is 76.1 cm³/mol. The van der Waals surface area contributed by atoms with Gasteiger partial charge in [0.05, 0.1) is 17.5 Å². The van der Waals surface area contributed by atoms with E-state index in [4.69, 9.17) is 4.74 Å². The molecule has 0 amide bonds. The number of hydrogen-bond donors (Lipinski definition) is 1. The molecule has 0 radical (unpaired) electrons. The van der Waals surface area contributed by atoms with Gasteiger partial charge >= 0.3 is 0 Å². The van der Waals surface area contributed by atoms with Crippen molar-refractivity contribution >= 4 is 11.5 Å². The first-order valence-electron chi connectivity index (χ1n) is 6.19. The van der Waals surface area contributed by atoms with E-state index < -0.39 is 4.92 Å². The van der Waals surface area contributed by atoms with Gasteiger partial charge in [-0.25, -0.2) is 4.98 Å². The summed E-state index contributed by atoms with van der Waals surface area (Å²) in [5.41, 5.74) is 0.604. The van der Waals surface area contributed by atoms with Gasteiger partial charge in [-0.2, -0.15) is 0 Å². The highest BCUT2D eigenvalue weighted by molar-refractivity contribution is 5.48. The number of ether oxygens (including phenoxy) is 1. The minimum Gasteiger partial charge on any atom is -0.492 e. The second-order valence-electron chi connectivity index (χ2n) is 4.20. The van der Waals surface area contributed by atoms with E-state index in [2.05, 4.69) is 10.3 Å². The number of nitro groups is 1. The van der Waals surface area contributed by atoms with Crippen molar-refractivity contribution in [2.45, 2.75) is 6.92 Å². The van der Waals surface area contributed by atoms with E-state index in [1.165, 1.54) is 12.3 Å². The summed E-state index contributed by atoms with van der Waals surface area (Å²) in [6.45, 7) is 2.63. The highest BCUT2D eigenvalue weighted by Crippen LogP contribution is 2.19. The molecule has 2 aromatic rings. The van der Waals surface area contributed by atoms with Crippen molar-refractivity contribution in [3.8, 4) is 5.75 Å². The first-order chi connectivity index (χ1) is 9.66. The van der Waals surface area contributed by atoms with Crippen LogP contribution in [0.2, 0.25) is 0 Å². The molecule has 104 valence electrons. The molecular weight excluding hydrogens is 258 g/mol. The molecule has 0 aliphatic rings. The average Bonchev–Trinajstić information content (AvgIpc) is 2.46. The van der Waals surface area contributed by atoms with Crippen LogP contribution in [-0.2, 0) is 0 Å². The quantitative estimate of drug-likeness (QED) is 0.497. The maximum atomic E-state index is 10.8. The fraction of sp³-hybridized carbons (Fsp3) is 0.214. The lowest BCUT2D eigenvalue weighted by atomic mass is 10.2. The number of anilines is 1. The molecule has 1 N–H and O–H groups in total. The highest BCUT2D eigenvalue weighted by atomic mass is 16.6. The Morgan fingerprint density at radius 1 is 1.35 bits per heavy atom. The van der Waals surface area contributed by atoms with E-state index in [1.54, 1.807) is 6.92 Å². The van der Waals surface area contributed by atoms with Crippen LogP contribution in [-0.4, -0.2) is 23.1 Å². The van der Waals surface area contributed by atoms with E-state index in [-0.39, 0.29) is 5.69 Å². The molecule has 0 bridgehead atoms. The second kappa shape index (κ2) is 6.51. The third kappa shape index (κ3) is 3.68. The van der Waals surface area contributed by atoms with E-state index in [0.717, 1.165) is 5.75 Å².